The van der Waals surface area contributed by atoms with E-state index in [1.54, 1.807) is 0 Å². The smallest absolute Gasteiger partial charge is 0.349 e. The number of rotatable bonds is 8. The molecule has 2 aliphatic heterocycles. The van der Waals surface area contributed by atoms with Crippen molar-refractivity contribution in [2.24, 2.45) is 0 Å². The molecule has 17 heteroatoms. The van der Waals surface area contributed by atoms with Gasteiger partial charge in [-0.1, -0.05) is 0 Å². The third kappa shape index (κ3) is 5.48. The van der Waals surface area contributed by atoms with Crippen LogP contribution in [0.25, 0.3) is 0 Å². The zero-order valence-electron chi connectivity index (χ0n) is 17.7. The van der Waals surface area contributed by atoms with Gasteiger partial charge >= 0.3 is 11.4 Å². The summed E-state index contributed by atoms with van der Waals surface area (Å²) in [5.41, 5.74) is -1.71. The monoisotopic (exact) mass is 508 g/mol. The quantitative estimate of drug-likeness (QED) is 0.133. The molecular formula is C18H24N2O15. The van der Waals surface area contributed by atoms with Crippen molar-refractivity contribution in [3.05, 3.63) is 38.4 Å². The van der Waals surface area contributed by atoms with E-state index in [9.17, 15) is 56.0 Å². The van der Waals surface area contributed by atoms with Gasteiger partial charge in [-0.2, -0.15) is 0 Å². The van der Waals surface area contributed by atoms with Gasteiger partial charge < -0.3 is 54.7 Å². The second-order valence-electron chi connectivity index (χ2n) is 7.79. The fourth-order valence-corrected chi connectivity index (χ4v) is 3.66. The molecule has 2 heterocycles. The van der Waals surface area contributed by atoms with Gasteiger partial charge in [0, 0.05) is 6.07 Å². The minimum atomic E-state index is -1.90. The van der Waals surface area contributed by atoms with Crippen LogP contribution >= 0.6 is 0 Å². The van der Waals surface area contributed by atoms with Crippen LogP contribution < -0.4 is 4.74 Å². The highest BCUT2D eigenvalue weighted by molar-refractivity contribution is 5.55. The van der Waals surface area contributed by atoms with Gasteiger partial charge in [0.2, 0.25) is 6.29 Å². The maximum Gasteiger partial charge on any atom is 0.349 e. The Morgan fingerprint density at radius 3 is 1.91 bits per heavy atom. The largest absolute Gasteiger partial charge is 0.462 e. The molecule has 2 saturated heterocycles. The number of hydrogen-bond donors (Lipinski definition) is 7. The van der Waals surface area contributed by atoms with Crippen LogP contribution in [0.2, 0.25) is 0 Å². The van der Waals surface area contributed by atoms with Gasteiger partial charge in [-0.15, -0.1) is 0 Å². The van der Waals surface area contributed by atoms with Crippen LogP contribution in [0.5, 0.6) is 5.75 Å². The first-order valence-electron chi connectivity index (χ1n) is 10.2. The molecule has 1 aromatic rings. The second kappa shape index (κ2) is 11.0. The van der Waals surface area contributed by atoms with Gasteiger partial charge in [-0.3, -0.25) is 20.2 Å². The van der Waals surface area contributed by atoms with E-state index in [-0.39, 0.29) is 5.75 Å². The van der Waals surface area contributed by atoms with Crippen LogP contribution in [0.4, 0.5) is 11.4 Å². The average Bonchev–Trinajstić information content (AvgIpc) is 2.83. The molecular weight excluding hydrogens is 484 g/mol. The number of benzene rings is 1. The zero-order chi connectivity index (χ0) is 26.0. The van der Waals surface area contributed by atoms with Crippen molar-refractivity contribution in [3.63, 3.8) is 0 Å². The maximum atomic E-state index is 11.1. The molecule has 1 aromatic carbocycles. The summed E-state index contributed by atoms with van der Waals surface area (Å²) < 4.78 is 21.3. The summed E-state index contributed by atoms with van der Waals surface area (Å²) in [6, 6.07) is 2.51. The number of nitro groups is 2. The Bertz CT molecular complexity index is 914. The zero-order valence-corrected chi connectivity index (χ0v) is 17.7. The summed E-state index contributed by atoms with van der Waals surface area (Å²) in [4.78, 5) is 20.1. The van der Waals surface area contributed by atoms with Gasteiger partial charge in [0.15, 0.2) is 6.29 Å². The molecule has 0 radical (unpaired) electrons. The molecule has 10 atom stereocenters. The van der Waals surface area contributed by atoms with Crippen molar-refractivity contribution >= 4 is 11.4 Å². The highest BCUT2D eigenvalue weighted by Crippen LogP contribution is 2.34. The average molecular weight is 508 g/mol. The molecule has 0 unspecified atom stereocenters. The lowest BCUT2D eigenvalue weighted by Gasteiger charge is -2.45. The molecule has 35 heavy (non-hydrogen) atoms. The first kappa shape index (κ1) is 27.0. The van der Waals surface area contributed by atoms with Crippen LogP contribution in [0.3, 0.4) is 0 Å². The van der Waals surface area contributed by atoms with Gasteiger partial charge in [0.05, 0.1) is 29.1 Å². The minimum Gasteiger partial charge on any atom is -0.462 e. The highest BCUT2D eigenvalue weighted by atomic mass is 16.7. The molecule has 0 spiro atoms. The Morgan fingerprint density at radius 2 is 1.34 bits per heavy atom. The normalized spacial score (nSPS) is 37.6. The van der Waals surface area contributed by atoms with E-state index < -0.39 is 95.8 Å². The molecule has 0 amide bonds. The van der Waals surface area contributed by atoms with Crippen LogP contribution in [-0.4, -0.2) is 120 Å². The van der Waals surface area contributed by atoms with Crippen LogP contribution in [0.15, 0.2) is 18.2 Å². The van der Waals surface area contributed by atoms with Gasteiger partial charge in [-0.25, -0.2) is 0 Å². The van der Waals surface area contributed by atoms with Gasteiger partial charge in [-0.05, 0) is 6.07 Å². The SMILES string of the molecule is O=[N+]([O-])c1ccc(O[C@@H]2O[C@H](CO)[C@@H](O[C@@H]3O[C@H](CO)[C@H](O)[C@H](O)[C@@H]3O)[C@@H](O)[C@@H]2O)cc1[N+](=O)[O-]. The van der Waals surface area contributed by atoms with Crippen molar-refractivity contribution in [2.45, 2.75) is 61.4 Å². The molecule has 0 saturated carbocycles. The number of nitrogens with zero attached hydrogens (tertiary/aromatic N) is 2. The Kier molecular flexibility index (Phi) is 8.49. The molecule has 0 aliphatic carbocycles. The third-order valence-electron chi connectivity index (χ3n) is 5.55. The molecule has 2 aliphatic rings. The lowest BCUT2D eigenvalue weighted by atomic mass is 9.97. The predicted molar refractivity (Wildman–Crippen MR) is 107 cm³/mol. The number of hydrogen-bond acceptors (Lipinski definition) is 15. The molecule has 17 nitrogen and oxygen atoms in total. The van der Waals surface area contributed by atoms with E-state index in [0.717, 1.165) is 12.1 Å². The Labute approximate surface area is 195 Å². The topological polar surface area (TPSA) is 265 Å². The molecule has 7 N–H and O–H groups in total. The summed E-state index contributed by atoms with van der Waals surface area (Å²) in [7, 11) is 0. The summed E-state index contributed by atoms with van der Waals surface area (Å²) in [6.07, 6.45) is -16.9. The number of aliphatic hydroxyl groups excluding tert-OH is 7. The fraction of sp³-hybridized carbons (Fsp3) is 0.667. The number of nitro benzene ring substituents is 2. The van der Waals surface area contributed by atoms with Crippen molar-refractivity contribution in [3.8, 4) is 5.75 Å². The van der Waals surface area contributed by atoms with Gasteiger partial charge in [0.1, 0.15) is 54.6 Å². The van der Waals surface area contributed by atoms with Crippen molar-refractivity contribution < 1.29 is 64.5 Å². The predicted octanol–water partition coefficient (Wildman–Crippen LogP) is -3.49. The van der Waals surface area contributed by atoms with Crippen LogP contribution in [-0.2, 0) is 14.2 Å². The molecule has 0 bridgehead atoms. The summed E-state index contributed by atoms with van der Waals surface area (Å²) in [5, 5.41) is 91.9. The first-order chi connectivity index (χ1) is 16.5. The van der Waals surface area contributed by atoms with E-state index >= 15 is 0 Å². The summed E-state index contributed by atoms with van der Waals surface area (Å²) in [5.74, 6) is -0.330. The summed E-state index contributed by atoms with van der Waals surface area (Å²) >= 11 is 0. The first-order valence-corrected chi connectivity index (χ1v) is 10.2. The summed E-state index contributed by atoms with van der Waals surface area (Å²) in [6.45, 7) is -1.58. The van der Waals surface area contributed by atoms with Crippen molar-refractivity contribution in [1.29, 1.82) is 0 Å². The standard InChI is InChI=1S/C18H24N2O15/c21-4-9-11(23)12(24)14(26)18(33-9)35-16-10(5-22)34-17(15(27)13(16)25)32-6-1-2-7(19(28)29)8(3-6)20(30)31/h1-3,9-18,21-27H,4-5H2/t9-,10-,11+,12+,13+,14+,15+,16-,17-,18+/m1/s1. The Hall–Kier alpha value is -2.58. The highest BCUT2D eigenvalue weighted by Gasteiger charge is 2.51. The maximum absolute atomic E-state index is 11.1. The van der Waals surface area contributed by atoms with E-state index in [0.29, 0.717) is 6.07 Å². The van der Waals surface area contributed by atoms with E-state index in [1.165, 1.54) is 0 Å². The van der Waals surface area contributed by atoms with E-state index in [2.05, 4.69) is 0 Å². The molecule has 2 fully saturated rings. The van der Waals surface area contributed by atoms with Crippen LogP contribution in [0, 0.1) is 20.2 Å². The van der Waals surface area contributed by atoms with Crippen LogP contribution in [0.1, 0.15) is 0 Å². The minimum absolute atomic E-state index is 0.330. The Balaban J connectivity index is 1.76. The van der Waals surface area contributed by atoms with E-state index in [1.807, 2.05) is 0 Å². The molecule has 0 aromatic heterocycles. The van der Waals surface area contributed by atoms with Crippen molar-refractivity contribution in [1.82, 2.24) is 0 Å². The molecule has 196 valence electrons. The fourth-order valence-electron chi connectivity index (χ4n) is 3.66. The number of ether oxygens (including phenoxy) is 4. The van der Waals surface area contributed by atoms with Crippen molar-refractivity contribution in [2.75, 3.05) is 13.2 Å². The van der Waals surface area contributed by atoms with E-state index in [4.69, 9.17) is 18.9 Å². The van der Waals surface area contributed by atoms with Gasteiger partial charge in [0.25, 0.3) is 0 Å². The third-order valence-corrected chi connectivity index (χ3v) is 5.55. The molecule has 3 rings (SSSR count). The lowest BCUT2D eigenvalue weighted by Crippen LogP contribution is -2.65. The second-order valence-corrected chi connectivity index (χ2v) is 7.79. The Morgan fingerprint density at radius 1 is 0.771 bits per heavy atom. The lowest BCUT2D eigenvalue weighted by molar-refractivity contribution is -0.422. The number of aliphatic hydroxyl groups is 7.